The van der Waals surface area contributed by atoms with Crippen LogP contribution in [-0.2, 0) is 9.59 Å². The average molecular weight is 285 g/mol. The highest BCUT2D eigenvalue weighted by molar-refractivity contribution is 5.87. The third-order valence-corrected chi connectivity index (χ3v) is 1.54. The Morgan fingerprint density at radius 1 is 1.11 bits per heavy atom. The molecule has 0 unspecified atom stereocenters. The molecule has 0 aromatic heterocycles. The molecule has 0 aromatic rings. The maximum absolute atomic E-state index is 12.5. The van der Waals surface area contributed by atoms with Crippen molar-refractivity contribution in [3.05, 3.63) is 0 Å². The molecule has 0 aromatic carbocycles. The normalized spacial score (nSPS) is 12.7. The smallest absolute Gasteiger partial charge is 0.406 e. The number of carboxylic acids is 1. The van der Waals surface area contributed by atoms with Gasteiger partial charge in [0.2, 0.25) is 0 Å². The first kappa shape index (κ1) is 16.4. The van der Waals surface area contributed by atoms with Crippen LogP contribution in [0.25, 0.3) is 0 Å². The van der Waals surface area contributed by atoms with Gasteiger partial charge < -0.3 is 10.0 Å². The zero-order valence-corrected chi connectivity index (χ0v) is 8.35. The first-order valence-electron chi connectivity index (χ1n) is 4.12. The van der Waals surface area contributed by atoms with Gasteiger partial charge in [-0.1, -0.05) is 0 Å². The zero-order chi connectivity index (χ0) is 14.7. The van der Waals surface area contributed by atoms with Crippen molar-refractivity contribution in [2.24, 2.45) is 0 Å². The van der Waals surface area contributed by atoms with Gasteiger partial charge in [-0.15, -0.1) is 0 Å². The van der Waals surface area contributed by atoms with E-state index >= 15 is 0 Å². The van der Waals surface area contributed by atoms with E-state index in [2.05, 4.69) is 0 Å². The average Bonchev–Trinajstić information content (AvgIpc) is 2.12. The number of halogens is 7. The topological polar surface area (TPSA) is 57.6 Å². The van der Waals surface area contributed by atoms with Crippen LogP contribution in [0.1, 0.15) is 0 Å². The maximum atomic E-state index is 12.5. The molecule has 11 heteroatoms. The number of aliphatic carboxylic acids is 1. The minimum Gasteiger partial charge on any atom is -0.480 e. The van der Waals surface area contributed by atoms with Gasteiger partial charge in [-0.05, 0) is 0 Å². The Kier molecular flexibility index (Phi) is 4.93. The van der Waals surface area contributed by atoms with E-state index in [4.69, 9.17) is 5.11 Å². The first-order chi connectivity index (χ1) is 7.88. The minimum atomic E-state index is -5.37. The number of amides is 1. The van der Waals surface area contributed by atoms with E-state index in [-0.39, 0.29) is 0 Å². The second-order valence-electron chi connectivity index (χ2n) is 3.09. The van der Waals surface area contributed by atoms with Crippen LogP contribution in [0.15, 0.2) is 0 Å². The highest BCUT2D eigenvalue weighted by Gasteiger charge is 2.53. The molecule has 0 aliphatic carbocycles. The summed E-state index contributed by atoms with van der Waals surface area (Å²) in [7, 11) is 0. The van der Waals surface area contributed by atoms with Crippen LogP contribution in [-0.4, -0.2) is 53.5 Å². The Morgan fingerprint density at radius 2 is 1.56 bits per heavy atom. The summed E-state index contributed by atoms with van der Waals surface area (Å²) in [6.07, 6.45) is -9.72. The molecule has 0 spiro atoms. The van der Waals surface area contributed by atoms with Crippen molar-refractivity contribution in [1.29, 1.82) is 0 Å². The van der Waals surface area contributed by atoms with E-state index in [0.717, 1.165) is 0 Å². The number of hydrogen-bond donors (Lipinski definition) is 1. The predicted octanol–water partition coefficient (Wildman–Crippen LogP) is 1.36. The predicted molar refractivity (Wildman–Crippen MR) is 41.2 cm³/mol. The molecule has 0 saturated heterocycles. The first-order valence-corrected chi connectivity index (χ1v) is 4.12. The molecule has 0 saturated carbocycles. The molecule has 18 heavy (non-hydrogen) atoms. The fourth-order valence-corrected chi connectivity index (χ4v) is 0.883. The molecular formula is C7H6F7NO3. The molecule has 0 fully saturated rings. The van der Waals surface area contributed by atoms with Gasteiger partial charge in [-0.2, -0.15) is 22.0 Å². The summed E-state index contributed by atoms with van der Waals surface area (Å²) in [5.41, 5.74) is 0. The lowest BCUT2D eigenvalue weighted by atomic mass is 10.3. The Bertz CT molecular complexity index is 327. The Hall–Kier alpha value is -1.55. The molecule has 4 nitrogen and oxygen atoms in total. The molecule has 0 atom stereocenters. The fraction of sp³-hybridized carbons (Fsp3) is 0.714. The summed E-state index contributed by atoms with van der Waals surface area (Å²) in [5.74, 6) is -10.3. The van der Waals surface area contributed by atoms with Gasteiger partial charge in [0.15, 0.2) is 0 Å². The molecule has 1 N–H and O–H groups in total. The van der Waals surface area contributed by atoms with E-state index in [1.165, 1.54) is 0 Å². The second-order valence-corrected chi connectivity index (χ2v) is 3.09. The molecule has 0 aliphatic heterocycles. The number of carboxylic acid groups (broad SMARTS) is 1. The monoisotopic (exact) mass is 285 g/mol. The van der Waals surface area contributed by atoms with Crippen LogP contribution in [0, 0.1) is 0 Å². The van der Waals surface area contributed by atoms with E-state index in [1.54, 1.807) is 0 Å². The summed E-state index contributed by atoms with van der Waals surface area (Å²) in [4.78, 5) is 20.0. The van der Waals surface area contributed by atoms with Crippen LogP contribution in [0.3, 0.4) is 0 Å². The number of carbonyl (C=O) groups is 2. The highest BCUT2D eigenvalue weighted by Crippen LogP contribution is 2.27. The van der Waals surface area contributed by atoms with Crippen molar-refractivity contribution in [3.63, 3.8) is 0 Å². The van der Waals surface area contributed by atoms with Crippen molar-refractivity contribution < 1.29 is 45.4 Å². The molecule has 0 aliphatic rings. The summed E-state index contributed by atoms with van der Waals surface area (Å²) < 4.78 is 84.2. The van der Waals surface area contributed by atoms with E-state index < -0.39 is 48.4 Å². The van der Waals surface area contributed by atoms with Crippen LogP contribution >= 0.6 is 0 Å². The number of nitrogens with zero attached hydrogens (tertiary/aromatic N) is 1. The molecular weight excluding hydrogens is 279 g/mol. The molecule has 106 valence electrons. The number of alkyl halides is 7. The third kappa shape index (κ3) is 4.75. The van der Waals surface area contributed by atoms with E-state index in [0.29, 0.717) is 0 Å². The molecule has 0 rings (SSSR count). The summed E-state index contributed by atoms with van der Waals surface area (Å²) >= 11 is 0. The number of hydrogen-bond acceptors (Lipinski definition) is 2. The summed E-state index contributed by atoms with van der Waals surface area (Å²) in [5, 5.41) is 8.14. The van der Waals surface area contributed by atoms with Crippen molar-refractivity contribution in [2.45, 2.75) is 18.5 Å². The van der Waals surface area contributed by atoms with Crippen LogP contribution in [0.2, 0.25) is 0 Å². The van der Waals surface area contributed by atoms with Gasteiger partial charge in [0.25, 0.3) is 5.91 Å². The molecule has 1 amide bonds. The Balaban J connectivity index is 5.08. The summed E-state index contributed by atoms with van der Waals surface area (Å²) in [6, 6.07) is 0. The van der Waals surface area contributed by atoms with Crippen LogP contribution in [0.5, 0.6) is 0 Å². The van der Waals surface area contributed by atoms with E-state index in [9.17, 15) is 40.3 Å². The quantitative estimate of drug-likeness (QED) is 0.776. The standard InChI is InChI=1S/C7H6F7NO3/c8-4(9)7(13,14)5(18)15(1-3(16)17)2-6(10,11)12/h4H,1-2H2,(H,16,17). The Morgan fingerprint density at radius 3 is 1.83 bits per heavy atom. The second kappa shape index (κ2) is 5.40. The third-order valence-electron chi connectivity index (χ3n) is 1.54. The molecule has 0 radical (unpaired) electrons. The zero-order valence-electron chi connectivity index (χ0n) is 8.35. The van der Waals surface area contributed by atoms with Crippen molar-refractivity contribution >= 4 is 11.9 Å². The minimum absolute atomic E-state index is 0.894. The van der Waals surface area contributed by atoms with Gasteiger partial charge in [0, 0.05) is 0 Å². The Labute approximate surface area is 95.0 Å². The van der Waals surface area contributed by atoms with Gasteiger partial charge in [0.1, 0.15) is 13.1 Å². The van der Waals surface area contributed by atoms with Crippen LogP contribution in [0.4, 0.5) is 30.7 Å². The van der Waals surface area contributed by atoms with Gasteiger partial charge in [0.05, 0.1) is 0 Å². The fourth-order valence-electron chi connectivity index (χ4n) is 0.883. The lowest BCUT2D eigenvalue weighted by Gasteiger charge is -2.25. The number of rotatable bonds is 5. The molecule has 0 bridgehead atoms. The molecule has 0 heterocycles. The van der Waals surface area contributed by atoms with Crippen molar-refractivity contribution in [3.8, 4) is 0 Å². The van der Waals surface area contributed by atoms with Gasteiger partial charge in [-0.25, -0.2) is 8.78 Å². The summed E-state index contributed by atoms with van der Waals surface area (Å²) in [6.45, 7) is -4.12. The SMILES string of the molecule is O=C(O)CN(CC(F)(F)F)C(=O)C(F)(F)C(F)F. The highest BCUT2D eigenvalue weighted by atomic mass is 19.4. The largest absolute Gasteiger partial charge is 0.480 e. The lowest BCUT2D eigenvalue weighted by Crippen LogP contribution is -2.52. The van der Waals surface area contributed by atoms with Crippen LogP contribution < -0.4 is 0 Å². The lowest BCUT2D eigenvalue weighted by molar-refractivity contribution is -0.195. The van der Waals surface area contributed by atoms with Gasteiger partial charge >= 0.3 is 24.5 Å². The number of carbonyl (C=O) groups excluding carboxylic acids is 1. The maximum Gasteiger partial charge on any atom is 0.406 e. The van der Waals surface area contributed by atoms with Gasteiger partial charge in [-0.3, -0.25) is 9.59 Å². The van der Waals surface area contributed by atoms with E-state index in [1.807, 2.05) is 0 Å². The van der Waals surface area contributed by atoms with Crippen molar-refractivity contribution in [2.75, 3.05) is 13.1 Å². The van der Waals surface area contributed by atoms with Crippen molar-refractivity contribution in [1.82, 2.24) is 4.90 Å².